The Morgan fingerprint density at radius 1 is 1.00 bits per heavy atom. The van der Waals surface area contributed by atoms with Gasteiger partial charge >= 0.3 is 0 Å². The Labute approximate surface area is 119 Å². The summed E-state index contributed by atoms with van der Waals surface area (Å²) >= 11 is 0. The highest BCUT2D eigenvalue weighted by Gasteiger charge is 2.23. The van der Waals surface area contributed by atoms with Gasteiger partial charge in [0.2, 0.25) is 0 Å². The van der Waals surface area contributed by atoms with E-state index >= 15 is 0 Å². The van der Waals surface area contributed by atoms with Crippen molar-refractivity contribution < 1.29 is 0 Å². The summed E-state index contributed by atoms with van der Waals surface area (Å²) in [7, 11) is 2.16. The lowest BCUT2D eigenvalue weighted by atomic mass is 9.96. The molecular weight excluding hydrogens is 252 g/mol. The second kappa shape index (κ2) is 4.70. The van der Waals surface area contributed by atoms with E-state index in [1.165, 1.54) is 0 Å². The van der Waals surface area contributed by atoms with Crippen LogP contribution in [-0.2, 0) is 5.41 Å². The fourth-order valence-electron chi connectivity index (χ4n) is 2.45. The lowest BCUT2D eigenvalue weighted by Gasteiger charge is -2.33. The van der Waals surface area contributed by atoms with Crippen LogP contribution in [0.4, 0.5) is 5.82 Å². The topological polar surface area (TPSA) is 49.6 Å². The lowest BCUT2D eigenvalue weighted by molar-refractivity contribution is 0.311. The number of hydrogen-bond donors (Lipinski definition) is 0. The maximum absolute atomic E-state index is 4.75. The number of piperazine rings is 1. The number of nitrogens with zero attached hydrogens (tertiary/aromatic N) is 6. The number of fused-ring (bicyclic) bond motifs is 1. The Kier molecular flexibility index (Phi) is 3.12. The molecule has 1 aliphatic heterocycles. The van der Waals surface area contributed by atoms with E-state index in [0.29, 0.717) is 0 Å². The van der Waals surface area contributed by atoms with Crippen LogP contribution in [0, 0.1) is 0 Å². The Hall–Kier alpha value is -1.69. The molecule has 6 heteroatoms. The van der Waals surface area contributed by atoms with Crippen LogP contribution in [0.15, 0.2) is 12.1 Å². The van der Waals surface area contributed by atoms with Crippen LogP contribution in [0.5, 0.6) is 0 Å². The predicted molar refractivity (Wildman–Crippen MR) is 79.2 cm³/mol. The summed E-state index contributed by atoms with van der Waals surface area (Å²) in [5, 5.41) is 13.2. The van der Waals surface area contributed by atoms with Crippen LogP contribution in [0.3, 0.4) is 0 Å². The first-order valence-electron chi connectivity index (χ1n) is 7.11. The van der Waals surface area contributed by atoms with Crippen molar-refractivity contribution in [2.24, 2.45) is 0 Å². The second-order valence-corrected chi connectivity index (χ2v) is 6.53. The van der Waals surface area contributed by atoms with Crippen molar-refractivity contribution in [1.29, 1.82) is 0 Å². The van der Waals surface area contributed by atoms with E-state index < -0.39 is 0 Å². The van der Waals surface area contributed by atoms with Crippen molar-refractivity contribution >= 4 is 11.5 Å². The Balaban J connectivity index is 1.97. The molecule has 1 fully saturated rings. The Morgan fingerprint density at radius 2 is 1.70 bits per heavy atom. The van der Waals surface area contributed by atoms with Gasteiger partial charge in [-0.1, -0.05) is 20.8 Å². The summed E-state index contributed by atoms with van der Waals surface area (Å²) in [6.07, 6.45) is 0. The molecule has 0 saturated carbocycles. The van der Waals surface area contributed by atoms with Crippen molar-refractivity contribution in [3.05, 3.63) is 18.0 Å². The molecule has 1 aliphatic rings. The average Bonchev–Trinajstić information content (AvgIpc) is 2.82. The highest BCUT2D eigenvalue weighted by molar-refractivity contribution is 5.46. The molecule has 6 nitrogen and oxygen atoms in total. The fraction of sp³-hybridized carbons (Fsp3) is 0.643. The fourth-order valence-corrected chi connectivity index (χ4v) is 2.45. The zero-order valence-corrected chi connectivity index (χ0v) is 12.7. The molecule has 0 spiro atoms. The predicted octanol–water partition coefficient (Wildman–Crippen LogP) is 1.17. The molecule has 0 aromatic carbocycles. The number of aromatic nitrogens is 4. The van der Waals surface area contributed by atoms with Gasteiger partial charge in [-0.2, -0.15) is 4.52 Å². The third kappa shape index (κ3) is 2.35. The third-order valence-electron chi connectivity index (χ3n) is 3.75. The normalized spacial score (nSPS) is 17.9. The third-order valence-corrected chi connectivity index (χ3v) is 3.75. The molecule has 20 heavy (non-hydrogen) atoms. The lowest BCUT2D eigenvalue weighted by Crippen LogP contribution is -2.45. The SMILES string of the molecule is CN1CCN(c2ccc3nnc(C(C)(C)C)n3n2)CC1. The smallest absolute Gasteiger partial charge is 0.178 e. The first kappa shape index (κ1) is 13.3. The van der Waals surface area contributed by atoms with Gasteiger partial charge in [-0.05, 0) is 19.2 Å². The molecule has 0 amide bonds. The summed E-state index contributed by atoms with van der Waals surface area (Å²) in [5.74, 6) is 1.92. The molecule has 0 aliphatic carbocycles. The summed E-state index contributed by atoms with van der Waals surface area (Å²) < 4.78 is 1.88. The van der Waals surface area contributed by atoms with Gasteiger partial charge in [0.25, 0.3) is 0 Å². The zero-order chi connectivity index (χ0) is 14.3. The van der Waals surface area contributed by atoms with E-state index in [1.807, 2.05) is 16.6 Å². The number of hydrogen-bond acceptors (Lipinski definition) is 5. The van der Waals surface area contributed by atoms with Crippen molar-refractivity contribution in [3.63, 3.8) is 0 Å². The average molecular weight is 274 g/mol. The molecule has 1 saturated heterocycles. The Bertz CT molecular complexity index is 604. The van der Waals surface area contributed by atoms with Gasteiger partial charge in [0.1, 0.15) is 5.82 Å². The summed E-state index contributed by atoms with van der Waals surface area (Å²) in [5.41, 5.74) is 0.750. The zero-order valence-electron chi connectivity index (χ0n) is 12.7. The highest BCUT2D eigenvalue weighted by atomic mass is 15.4. The van der Waals surface area contributed by atoms with Crippen LogP contribution >= 0.6 is 0 Å². The van der Waals surface area contributed by atoms with Gasteiger partial charge in [0.05, 0.1) is 0 Å². The van der Waals surface area contributed by atoms with Crippen molar-refractivity contribution in [2.45, 2.75) is 26.2 Å². The van der Waals surface area contributed by atoms with Gasteiger partial charge in [0.15, 0.2) is 11.5 Å². The van der Waals surface area contributed by atoms with Crippen LogP contribution in [0.25, 0.3) is 5.65 Å². The van der Waals surface area contributed by atoms with E-state index in [9.17, 15) is 0 Å². The van der Waals surface area contributed by atoms with Gasteiger partial charge < -0.3 is 9.80 Å². The quantitative estimate of drug-likeness (QED) is 0.781. The first-order chi connectivity index (χ1) is 9.45. The molecular formula is C14H22N6. The van der Waals surface area contributed by atoms with E-state index in [4.69, 9.17) is 5.10 Å². The molecule has 3 heterocycles. The Morgan fingerprint density at radius 3 is 2.35 bits per heavy atom. The molecule has 108 valence electrons. The number of likely N-dealkylation sites (N-methyl/N-ethyl adjacent to an activating group) is 1. The van der Waals surface area contributed by atoms with E-state index in [-0.39, 0.29) is 5.41 Å². The molecule has 0 unspecified atom stereocenters. The van der Waals surface area contributed by atoms with Crippen LogP contribution < -0.4 is 4.90 Å². The second-order valence-electron chi connectivity index (χ2n) is 6.53. The van der Waals surface area contributed by atoms with E-state index in [1.54, 1.807) is 0 Å². The standard InChI is InChI=1S/C14H22N6/c1-14(2,3)13-16-15-11-5-6-12(17-20(11)13)19-9-7-18(4)8-10-19/h5-6H,7-10H2,1-4H3. The molecule has 3 rings (SSSR count). The van der Waals surface area contributed by atoms with E-state index in [0.717, 1.165) is 43.5 Å². The van der Waals surface area contributed by atoms with Gasteiger partial charge in [0, 0.05) is 31.6 Å². The molecule has 0 atom stereocenters. The maximum Gasteiger partial charge on any atom is 0.178 e. The molecule has 0 radical (unpaired) electrons. The van der Waals surface area contributed by atoms with Crippen molar-refractivity contribution in [2.75, 3.05) is 38.1 Å². The number of rotatable bonds is 1. The summed E-state index contributed by atoms with van der Waals surface area (Å²) in [6, 6.07) is 4.05. The minimum Gasteiger partial charge on any atom is -0.353 e. The maximum atomic E-state index is 4.75. The van der Waals surface area contributed by atoms with Crippen molar-refractivity contribution in [3.8, 4) is 0 Å². The van der Waals surface area contributed by atoms with Crippen molar-refractivity contribution in [1.82, 2.24) is 24.7 Å². The monoisotopic (exact) mass is 274 g/mol. The van der Waals surface area contributed by atoms with Gasteiger partial charge in [-0.3, -0.25) is 0 Å². The van der Waals surface area contributed by atoms with E-state index in [2.05, 4.69) is 47.8 Å². The van der Waals surface area contributed by atoms with Gasteiger partial charge in [-0.15, -0.1) is 15.3 Å². The van der Waals surface area contributed by atoms with Gasteiger partial charge in [-0.25, -0.2) is 0 Å². The number of anilines is 1. The molecule has 0 N–H and O–H groups in total. The first-order valence-corrected chi connectivity index (χ1v) is 7.11. The minimum absolute atomic E-state index is 0.0623. The summed E-state index contributed by atoms with van der Waals surface area (Å²) in [6.45, 7) is 10.6. The largest absolute Gasteiger partial charge is 0.353 e. The molecule has 0 bridgehead atoms. The molecule has 2 aromatic rings. The minimum atomic E-state index is -0.0623. The highest BCUT2D eigenvalue weighted by Crippen LogP contribution is 2.21. The summed E-state index contributed by atoms with van der Waals surface area (Å²) in [4.78, 5) is 4.67. The van der Waals surface area contributed by atoms with Crippen LogP contribution in [0.2, 0.25) is 0 Å². The molecule has 2 aromatic heterocycles. The van der Waals surface area contributed by atoms with Crippen LogP contribution in [0.1, 0.15) is 26.6 Å². The van der Waals surface area contributed by atoms with Crippen LogP contribution in [-0.4, -0.2) is 57.9 Å².